The second kappa shape index (κ2) is 31.9. The van der Waals surface area contributed by atoms with Gasteiger partial charge < -0.3 is 0 Å². The molecule has 70 valence electrons. The zero-order chi connectivity index (χ0) is 10.9. The summed E-state index contributed by atoms with van der Waals surface area (Å²) in [5, 5.41) is 7.51. The van der Waals surface area contributed by atoms with E-state index in [1.54, 1.807) is 24.3 Å². The van der Waals surface area contributed by atoms with Crippen LogP contribution in [0.4, 0.5) is 0 Å². The van der Waals surface area contributed by atoms with Gasteiger partial charge in [0.2, 0.25) is 0 Å². The van der Waals surface area contributed by atoms with E-state index in [4.69, 9.17) is 5.26 Å². The predicted octanol–water partition coefficient (Wildman–Crippen LogP) is 3.80. The van der Waals surface area contributed by atoms with E-state index >= 15 is 0 Å². The molecule has 13 heavy (non-hydrogen) atoms. The van der Waals surface area contributed by atoms with Crippen molar-refractivity contribution >= 4 is 0 Å². The highest BCUT2D eigenvalue weighted by atomic mass is 14.2. The smallest absolute Gasteiger partial charge is 0.0905 e. The van der Waals surface area contributed by atoms with Crippen LogP contribution in [-0.4, -0.2) is 0 Å². The predicted molar refractivity (Wildman–Crippen MR) is 61.2 cm³/mol. The van der Waals surface area contributed by atoms with Crippen molar-refractivity contribution in [1.29, 1.82) is 5.26 Å². The summed E-state index contributed by atoms with van der Waals surface area (Å²) in [7, 11) is 0. The van der Waals surface area contributed by atoms with Gasteiger partial charge in [0.25, 0.3) is 0 Å². The summed E-state index contributed by atoms with van der Waals surface area (Å²) in [6.07, 6.45) is 10.0. The molecule has 0 unspecified atom stereocenters. The number of hydrogen-bond acceptors (Lipinski definition) is 1. The molecule has 0 bridgehead atoms. The van der Waals surface area contributed by atoms with Gasteiger partial charge in [-0.05, 0) is 6.92 Å². The minimum atomic E-state index is 1.18. The molecule has 0 aliphatic heterocycles. The summed E-state index contributed by atoms with van der Waals surface area (Å²) in [5.74, 6) is 0. The van der Waals surface area contributed by atoms with Gasteiger partial charge in [0.1, 0.15) is 0 Å². The van der Waals surface area contributed by atoms with Crippen molar-refractivity contribution in [2.45, 2.75) is 6.92 Å². The molecule has 0 spiro atoms. The van der Waals surface area contributed by atoms with E-state index in [0.717, 1.165) is 0 Å². The zero-order valence-corrected chi connectivity index (χ0v) is 8.24. The van der Waals surface area contributed by atoms with E-state index in [0.29, 0.717) is 0 Å². The van der Waals surface area contributed by atoms with Crippen LogP contribution in [0.15, 0.2) is 62.8 Å². The van der Waals surface area contributed by atoms with Gasteiger partial charge in [0, 0.05) is 6.08 Å². The maximum atomic E-state index is 7.51. The Bertz CT molecular complexity index is 186. The van der Waals surface area contributed by atoms with Gasteiger partial charge in [-0.25, -0.2) is 0 Å². The van der Waals surface area contributed by atoms with E-state index in [2.05, 4.69) is 26.3 Å². The van der Waals surface area contributed by atoms with Crippen LogP contribution in [0, 0.1) is 11.3 Å². The fourth-order valence-electron chi connectivity index (χ4n) is 0.136. The number of hydrogen-bond donors (Lipinski definition) is 0. The third kappa shape index (κ3) is 143. The first-order chi connectivity index (χ1) is 6.24. The molecule has 0 aromatic heterocycles. The first-order valence-corrected chi connectivity index (χ1v) is 3.72. The Morgan fingerprint density at radius 2 is 1.38 bits per heavy atom. The standard InChI is InChI=1S/C5H8.C4H6.C3H3N/c1-3-5-4-2;1-3-4-2;1-2-3-4/h3-5H,1H2,2H3;3-4H,1-2H2;2H,1H2. The van der Waals surface area contributed by atoms with Crippen molar-refractivity contribution in [1.82, 2.24) is 0 Å². The molecule has 0 aromatic rings. The second-order valence-electron chi connectivity index (χ2n) is 1.57. The first-order valence-electron chi connectivity index (χ1n) is 3.72. The Morgan fingerprint density at radius 3 is 1.38 bits per heavy atom. The summed E-state index contributed by atoms with van der Waals surface area (Å²) >= 11 is 0. The molecule has 1 nitrogen and oxygen atoms in total. The summed E-state index contributed by atoms with van der Waals surface area (Å²) in [6.45, 7) is 15.3. The SMILES string of the molecule is C=CC#N.C=CC=C.C=CC=CC. The average Bonchev–Trinajstić information content (AvgIpc) is 2.20. The molecule has 0 N–H and O–H groups in total. The molecule has 0 amide bonds. The van der Waals surface area contributed by atoms with Gasteiger partial charge in [-0.15, -0.1) is 0 Å². The molecule has 0 radical (unpaired) electrons. The van der Waals surface area contributed by atoms with E-state index in [1.165, 1.54) is 6.08 Å². The summed E-state index contributed by atoms with van der Waals surface area (Å²) < 4.78 is 0. The topological polar surface area (TPSA) is 23.8 Å². The van der Waals surface area contributed by atoms with Gasteiger partial charge in [-0.1, -0.05) is 56.7 Å². The van der Waals surface area contributed by atoms with Crippen LogP contribution in [0.1, 0.15) is 6.92 Å². The van der Waals surface area contributed by atoms with Gasteiger partial charge in [-0.3, -0.25) is 0 Å². The zero-order valence-electron chi connectivity index (χ0n) is 8.24. The van der Waals surface area contributed by atoms with E-state index in [9.17, 15) is 0 Å². The van der Waals surface area contributed by atoms with Crippen molar-refractivity contribution in [3.8, 4) is 6.07 Å². The van der Waals surface area contributed by atoms with Gasteiger partial charge >= 0.3 is 0 Å². The molecule has 0 fully saturated rings. The lowest BCUT2D eigenvalue weighted by Gasteiger charge is -1.56. The van der Waals surface area contributed by atoms with Crippen LogP contribution in [-0.2, 0) is 0 Å². The first kappa shape index (κ1) is 17.3. The second-order valence-corrected chi connectivity index (χ2v) is 1.57. The Hall–Kier alpha value is -1.81. The molecule has 0 aromatic carbocycles. The fourth-order valence-corrected chi connectivity index (χ4v) is 0.136. The van der Waals surface area contributed by atoms with Crippen LogP contribution in [0.2, 0.25) is 0 Å². The van der Waals surface area contributed by atoms with E-state index in [1.807, 2.05) is 19.1 Å². The molecular formula is C12H17N. The van der Waals surface area contributed by atoms with Crippen molar-refractivity contribution in [2.24, 2.45) is 0 Å². The molecule has 0 atom stereocenters. The Morgan fingerprint density at radius 1 is 1.00 bits per heavy atom. The van der Waals surface area contributed by atoms with Crippen LogP contribution in [0.3, 0.4) is 0 Å². The largest absolute Gasteiger partial charge is 0.193 e. The van der Waals surface area contributed by atoms with Gasteiger partial charge in [-0.2, -0.15) is 5.26 Å². The molecule has 0 aliphatic carbocycles. The van der Waals surface area contributed by atoms with Crippen LogP contribution in [0.25, 0.3) is 0 Å². The quantitative estimate of drug-likeness (QED) is 0.462. The molecule has 0 rings (SSSR count). The lowest BCUT2D eigenvalue weighted by atomic mass is 10.5. The molecule has 0 aliphatic rings. The third-order valence-electron chi connectivity index (χ3n) is 0.586. The molecule has 0 saturated carbocycles. The highest BCUT2D eigenvalue weighted by molar-refractivity contribution is 4.94. The minimum Gasteiger partial charge on any atom is -0.193 e. The molecule has 1 heteroatoms. The summed E-state index contributed by atoms with van der Waals surface area (Å²) in [5.41, 5.74) is 0. The lowest BCUT2D eigenvalue weighted by molar-refractivity contribution is 1.54. The van der Waals surface area contributed by atoms with Crippen molar-refractivity contribution in [2.75, 3.05) is 0 Å². The van der Waals surface area contributed by atoms with Crippen LogP contribution in [0.5, 0.6) is 0 Å². The highest BCUT2D eigenvalue weighted by Crippen LogP contribution is 1.64. The van der Waals surface area contributed by atoms with Crippen molar-refractivity contribution in [3.63, 3.8) is 0 Å². The third-order valence-corrected chi connectivity index (χ3v) is 0.586. The van der Waals surface area contributed by atoms with E-state index < -0.39 is 0 Å². The molecule has 0 heterocycles. The van der Waals surface area contributed by atoms with Crippen molar-refractivity contribution in [3.05, 3.63) is 62.8 Å². The maximum absolute atomic E-state index is 7.51. The minimum absolute atomic E-state index is 1.18. The number of nitrogens with zero attached hydrogens (tertiary/aromatic N) is 1. The van der Waals surface area contributed by atoms with Crippen LogP contribution >= 0.6 is 0 Å². The average molecular weight is 175 g/mol. The Labute approximate surface area is 81.7 Å². The summed E-state index contributed by atoms with van der Waals surface area (Å²) in [6, 6.07) is 1.69. The fraction of sp³-hybridized carbons (Fsp3) is 0.0833. The Balaban J connectivity index is -0.000000117. The van der Waals surface area contributed by atoms with Crippen molar-refractivity contribution < 1.29 is 0 Å². The number of rotatable bonds is 2. The van der Waals surface area contributed by atoms with Gasteiger partial charge in [0.05, 0.1) is 6.07 Å². The molecular weight excluding hydrogens is 158 g/mol. The maximum Gasteiger partial charge on any atom is 0.0905 e. The lowest BCUT2D eigenvalue weighted by Crippen LogP contribution is -1.33. The normalized spacial score (nSPS) is 6.15. The number of nitriles is 1. The molecule has 0 saturated heterocycles. The monoisotopic (exact) mass is 175 g/mol. The highest BCUT2D eigenvalue weighted by Gasteiger charge is 1.42. The van der Waals surface area contributed by atoms with Crippen LogP contribution < -0.4 is 0 Å². The number of allylic oxidation sites excluding steroid dienone is 6. The Kier molecular flexibility index (Phi) is 42.6. The summed E-state index contributed by atoms with van der Waals surface area (Å²) in [4.78, 5) is 0. The van der Waals surface area contributed by atoms with E-state index in [-0.39, 0.29) is 0 Å². The van der Waals surface area contributed by atoms with Gasteiger partial charge in [0.15, 0.2) is 0 Å².